The highest BCUT2D eigenvalue weighted by Gasteiger charge is 2.26. The Bertz CT molecular complexity index is 1600. The molecule has 0 atom stereocenters. The van der Waals surface area contributed by atoms with Gasteiger partial charge in [-0.3, -0.25) is 4.79 Å². The van der Waals surface area contributed by atoms with E-state index in [-0.39, 0.29) is 11.7 Å². The van der Waals surface area contributed by atoms with Gasteiger partial charge in [0.2, 0.25) is 0 Å². The minimum absolute atomic E-state index is 0.0996. The number of pyridine rings is 1. The average molecular weight is 504 g/mol. The van der Waals surface area contributed by atoms with Crippen molar-refractivity contribution in [1.82, 2.24) is 10.3 Å². The maximum absolute atomic E-state index is 13.6. The Labute approximate surface area is 219 Å². The average Bonchev–Trinajstić information content (AvgIpc) is 3.29. The second-order valence-corrected chi connectivity index (χ2v) is 9.57. The number of carbonyl (C=O) groups is 1. The first-order chi connectivity index (χ1) is 18.1. The summed E-state index contributed by atoms with van der Waals surface area (Å²) in [6.07, 6.45) is 0.941. The molecule has 0 saturated carbocycles. The summed E-state index contributed by atoms with van der Waals surface area (Å²) in [6, 6.07) is 29.7. The first-order valence-electron chi connectivity index (χ1n) is 12.0. The maximum atomic E-state index is 13.6. The van der Waals surface area contributed by atoms with E-state index in [9.17, 15) is 10.1 Å². The SMILES string of the molecule is CCc1ccc(Nc2sc3c(-c4ccccc4)c(C#N)c(N)nc3c2C(=O)NCc2ccccc2)cc1. The summed E-state index contributed by atoms with van der Waals surface area (Å²) in [4.78, 5) is 18.2. The number of hydrogen-bond acceptors (Lipinski definition) is 6. The lowest BCUT2D eigenvalue weighted by molar-refractivity contribution is 0.0953. The zero-order valence-corrected chi connectivity index (χ0v) is 21.1. The van der Waals surface area contributed by atoms with Gasteiger partial charge in [0, 0.05) is 17.8 Å². The van der Waals surface area contributed by atoms with E-state index in [0.717, 1.165) is 27.9 Å². The minimum atomic E-state index is -0.265. The first-order valence-corrected chi connectivity index (χ1v) is 12.8. The second kappa shape index (κ2) is 10.5. The molecule has 37 heavy (non-hydrogen) atoms. The number of aryl methyl sites for hydroxylation is 1. The van der Waals surface area contributed by atoms with E-state index in [0.29, 0.717) is 33.8 Å². The lowest BCUT2D eigenvalue weighted by atomic mass is 10.00. The van der Waals surface area contributed by atoms with Crippen molar-refractivity contribution in [2.24, 2.45) is 0 Å². The van der Waals surface area contributed by atoms with Crippen LogP contribution in [0.5, 0.6) is 0 Å². The van der Waals surface area contributed by atoms with Crippen molar-refractivity contribution in [3.05, 3.63) is 107 Å². The van der Waals surface area contributed by atoms with Gasteiger partial charge in [-0.05, 0) is 35.2 Å². The van der Waals surface area contributed by atoms with Gasteiger partial charge in [-0.15, -0.1) is 11.3 Å². The lowest BCUT2D eigenvalue weighted by Crippen LogP contribution is -2.23. The molecule has 0 radical (unpaired) electrons. The van der Waals surface area contributed by atoms with E-state index < -0.39 is 0 Å². The molecule has 7 heteroatoms. The molecular weight excluding hydrogens is 478 g/mol. The summed E-state index contributed by atoms with van der Waals surface area (Å²) in [7, 11) is 0. The largest absolute Gasteiger partial charge is 0.383 e. The van der Waals surface area contributed by atoms with Crippen LogP contribution >= 0.6 is 11.3 Å². The zero-order valence-electron chi connectivity index (χ0n) is 20.3. The van der Waals surface area contributed by atoms with E-state index in [1.165, 1.54) is 16.9 Å². The van der Waals surface area contributed by atoms with Gasteiger partial charge in [-0.2, -0.15) is 5.26 Å². The summed E-state index contributed by atoms with van der Waals surface area (Å²) >= 11 is 1.40. The molecule has 5 rings (SSSR count). The van der Waals surface area contributed by atoms with Crippen molar-refractivity contribution >= 4 is 44.0 Å². The van der Waals surface area contributed by atoms with Crippen LogP contribution in [-0.4, -0.2) is 10.9 Å². The van der Waals surface area contributed by atoms with Crippen LogP contribution in [-0.2, 0) is 13.0 Å². The van der Waals surface area contributed by atoms with Gasteiger partial charge >= 0.3 is 0 Å². The third-order valence-electron chi connectivity index (χ3n) is 6.17. The van der Waals surface area contributed by atoms with Gasteiger partial charge in [-0.1, -0.05) is 79.7 Å². The Morgan fingerprint density at radius 3 is 2.30 bits per heavy atom. The van der Waals surface area contributed by atoms with Crippen LogP contribution in [0, 0.1) is 11.3 Å². The van der Waals surface area contributed by atoms with Crippen molar-refractivity contribution < 1.29 is 4.79 Å². The number of anilines is 3. The predicted octanol–water partition coefficient (Wildman–Crippen LogP) is 6.65. The smallest absolute Gasteiger partial charge is 0.256 e. The molecule has 182 valence electrons. The number of nitrogens with zero attached hydrogens (tertiary/aromatic N) is 2. The van der Waals surface area contributed by atoms with Gasteiger partial charge in [0.25, 0.3) is 5.91 Å². The second-order valence-electron chi connectivity index (χ2n) is 8.55. The number of aromatic nitrogens is 1. The molecule has 1 amide bonds. The minimum Gasteiger partial charge on any atom is -0.383 e. The van der Waals surface area contributed by atoms with Crippen LogP contribution in [0.25, 0.3) is 21.3 Å². The molecule has 0 fully saturated rings. The predicted molar refractivity (Wildman–Crippen MR) is 151 cm³/mol. The number of amides is 1. The third kappa shape index (κ3) is 4.88. The summed E-state index contributed by atoms with van der Waals surface area (Å²) in [6.45, 7) is 2.48. The number of nitriles is 1. The van der Waals surface area contributed by atoms with Crippen LogP contribution in [0.4, 0.5) is 16.5 Å². The van der Waals surface area contributed by atoms with Crippen LogP contribution in [0.1, 0.15) is 34.0 Å². The first kappa shape index (κ1) is 24.0. The molecule has 2 heterocycles. The zero-order chi connectivity index (χ0) is 25.8. The Morgan fingerprint density at radius 2 is 1.65 bits per heavy atom. The molecule has 0 bridgehead atoms. The summed E-state index contributed by atoms with van der Waals surface area (Å²) < 4.78 is 0.731. The molecule has 0 spiro atoms. The molecular formula is C30H25N5OS. The van der Waals surface area contributed by atoms with Crippen molar-refractivity contribution in [1.29, 1.82) is 5.26 Å². The highest BCUT2D eigenvalue weighted by molar-refractivity contribution is 7.24. The molecule has 0 aliphatic rings. The number of hydrogen-bond donors (Lipinski definition) is 3. The van der Waals surface area contributed by atoms with E-state index in [4.69, 9.17) is 5.73 Å². The van der Waals surface area contributed by atoms with E-state index in [1.807, 2.05) is 72.8 Å². The Morgan fingerprint density at radius 1 is 0.973 bits per heavy atom. The number of fused-ring (bicyclic) bond motifs is 1. The van der Waals surface area contributed by atoms with Crippen LogP contribution < -0.4 is 16.4 Å². The fraction of sp³-hybridized carbons (Fsp3) is 0.100. The summed E-state index contributed by atoms with van der Waals surface area (Å²) in [5.41, 5.74) is 12.1. The number of rotatable bonds is 7. The monoisotopic (exact) mass is 503 g/mol. The molecule has 0 aliphatic heterocycles. The summed E-state index contributed by atoms with van der Waals surface area (Å²) in [5, 5.41) is 17.0. The molecule has 0 aliphatic carbocycles. The fourth-order valence-corrected chi connectivity index (χ4v) is 5.46. The van der Waals surface area contributed by atoms with Crippen molar-refractivity contribution in [3.63, 3.8) is 0 Å². The summed E-state index contributed by atoms with van der Waals surface area (Å²) in [5.74, 6) is -0.166. The van der Waals surface area contributed by atoms with Crippen molar-refractivity contribution in [3.8, 4) is 17.2 Å². The van der Waals surface area contributed by atoms with Crippen LogP contribution in [0.2, 0.25) is 0 Å². The highest BCUT2D eigenvalue weighted by Crippen LogP contribution is 2.44. The normalized spacial score (nSPS) is 10.7. The molecule has 0 saturated heterocycles. The maximum Gasteiger partial charge on any atom is 0.256 e. The van der Waals surface area contributed by atoms with E-state index >= 15 is 0 Å². The third-order valence-corrected chi connectivity index (χ3v) is 7.28. The van der Waals surface area contributed by atoms with Gasteiger partial charge in [0.1, 0.15) is 28.0 Å². The Balaban J connectivity index is 1.67. The molecule has 5 aromatic rings. The van der Waals surface area contributed by atoms with E-state index in [1.54, 1.807) is 0 Å². The quantitative estimate of drug-likeness (QED) is 0.231. The molecule has 0 unspecified atom stereocenters. The Kier molecular flexibility index (Phi) is 6.84. The van der Waals surface area contributed by atoms with E-state index in [2.05, 4.69) is 40.7 Å². The molecule has 2 aromatic heterocycles. The molecule has 6 nitrogen and oxygen atoms in total. The number of carbonyl (C=O) groups excluding carboxylic acids is 1. The van der Waals surface area contributed by atoms with Gasteiger partial charge in [0.05, 0.1) is 10.2 Å². The standard InChI is InChI=1S/C30H25N5OS/c1-2-19-13-15-22(16-14-19)34-30-25(29(36)33-18-20-9-5-3-6-10-20)26-27(37-30)24(21-11-7-4-8-12-21)23(17-31)28(32)35-26/h3-16,34H,2,18H2,1H3,(H2,32,35)(H,33,36). The number of nitrogens with one attached hydrogen (secondary N) is 2. The number of benzene rings is 3. The van der Waals surface area contributed by atoms with Crippen LogP contribution in [0.15, 0.2) is 84.9 Å². The highest BCUT2D eigenvalue weighted by atomic mass is 32.1. The number of nitrogen functional groups attached to an aromatic ring is 1. The van der Waals surface area contributed by atoms with Crippen molar-refractivity contribution in [2.45, 2.75) is 19.9 Å². The Hall–Kier alpha value is -4.67. The fourth-order valence-electron chi connectivity index (χ4n) is 4.23. The topological polar surface area (TPSA) is 104 Å². The van der Waals surface area contributed by atoms with Gasteiger partial charge < -0.3 is 16.4 Å². The van der Waals surface area contributed by atoms with Gasteiger partial charge in [0.15, 0.2) is 0 Å². The lowest BCUT2D eigenvalue weighted by Gasteiger charge is -2.10. The molecule has 3 aromatic carbocycles. The van der Waals surface area contributed by atoms with Gasteiger partial charge in [-0.25, -0.2) is 4.98 Å². The number of thiophene rings is 1. The molecule has 4 N–H and O–H groups in total. The van der Waals surface area contributed by atoms with Crippen LogP contribution in [0.3, 0.4) is 0 Å². The number of nitrogens with two attached hydrogens (primary N) is 1. The van der Waals surface area contributed by atoms with Crippen molar-refractivity contribution in [2.75, 3.05) is 11.1 Å².